The molecule has 14 heavy (non-hydrogen) atoms. The second-order valence-electron chi connectivity index (χ2n) is 3.05. The second-order valence-corrected chi connectivity index (χ2v) is 3.23. The van der Waals surface area contributed by atoms with Gasteiger partial charge in [0.15, 0.2) is 0 Å². The van der Waals surface area contributed by atoms with Crippen LogP contribution in [-0.4, -0.2) is 5.16 Å². The number of isothiocyanates is 1. The van der Waals surface area contributed by atoms with Crippen LogP contribution in [0.25, 0.3) is 10.8 Å². The molecule has 2 aromatic rings. The highest BCUT2D eigenvalue weighted by Gasteiger charge is 1.97. The van der Waals surface area contributed by atoms with Gasteiger partial charge in [0.25, 0.3) is 0 Å². The molecule has 2 rings (SSSR count). The molecule has 0 amide bonds. The van der Waals surface area contributed by atoms with Crippen molar-refractivity contribution in [2.24, 2.45) is 4.99 Å². The Labute approximate surface area is 88.1 Å². The summed E-state index contributed by atoms with van der Waals surface area (Å²) in [5.41, 5.74) is 1.19. The Morgan fingerprint density at radius 1 is 1.07 bits per heavy atom. The van der Waals surface area contributed by atoms with Crippen LogP contribution in [0.3, 0.4) is 0 Å². The molecule has 0 radical (unpaired) electrons. The van der Waals surface area contributed by atoms with Crippen LogP contribution in [0.5, 0.6) is 0 Å². The lowest BCUT2D eigenvalue weighted by molar-refractivity contribution is 1.10. The molecule has 0 atom stereocenters. The molecule has 2 heteroatoms. The zero-order valence-corrected chi connectivity index (χ0v) is 8.42. The highest BCUT2D eigenvalue weighted by atomic mass is 32.1. The van der Waals surface area contributed by atoms with Crippen molar-refractivity contribution in [3.8, 4) is 0 Å². The van der Waals surface area contributed by atoms with E-state index in [2.05, 4.69) is 46.6 Å². The molecule has 0 aliphatic heterocycles. The van der Waals surface area contributed by atoms with Crippen molar-refractivity contribution in [1.82, 2.24) is 0 Å². The molecule has 0 spiro atoms. The molecule has 0 saturated carbocycles. The Bertz CT molecular complexity index is 493. The van der Waals surface area contributed by atoms with E-state index in [9.17, 15) is 0 Å². The molecule has 0 saturated heterocycles. The first kappa shape index (κ1) is 9.07. The van der Waals surface area contributed by atoms with E-state index in [1.54, 1.807) is 0 Å². The number of hydrogen-bond donors (Lipinski definition) is 0. The third-order valence-electron chi connectivity index (χ3n) is 2.19. The van der Waals surface area contributed by atoms with Crippen LogP contribution < -0.4 is 0 Å². The van der Waals surface area contributed by atoms with Gasteiger partial charge in [-0.25, -0.2) is 4.99 Å². The Balaban J connectivity index is 2.58. The number of nitrogens with zero attached hydrogens (tertiary/aromatic N) is 1. The van der Waals surface area contributed by atoms with Crippen molar-refractivity contribution in [1.29, 1.82) is 0 Å². The van der Waals surface area contributed by atoms with Crippen molar-refractivity contribution < 1.29 is 0 Å². The lowest BCUT2D eigenvalue weighted by atomic mass is 10.1. The minimum Gasteiger partial charge on any atom is -0.228 e. The van der Waals surface area contributed by atoms with E-state index in [0.29, 0.717) is 6.54 Å². The first-order valence-corrected chi connectivity index (χ1v) is 4.83. The van der Waals surface area contributed by atoms with Crippen LogP contribution in [0.1, 0.15) is 5.56 Å². The quantitative estimate of drug-likeness (QED) is 0.533. The Morgan fingerprint density at radius 3 is 2.71 bits per heavy atom. The molecule has 2 aromatic carbocycles. The molecular formula is C12H9NS. The van der Waals surface area contributed by atoms with Crippen LogP contribution in [-0.2, 0) is 6.54 Å². The Kier molecular flexibility index (Phi) is 2.68. The predicted octanol–water partition coefficient (Wildman–Crippen LogP) is 3.44. The van der Waals surface area contributed by atoms with E-state index in [0.717, 1.165) is 0 Å². The number of rotatable bonds is 2. The molecule has 0 aliphatic carbocycles. The Hall–Kier alpha value is -1.50. The van der Waals surface area contributed by atoms with Gasteiger partial charge in [0.2, 0.25) is 0 Å². The minimum atomic E-state index is 0.616. The minimum absolute atomic E-state index is 0.616. The molecule has 1 nitrogen and oxygen atoms in total. The fourth-order valence-electron chi connectivity index (χ4n) is 1.55. The number of aliphatic imine (C=N–C) groups is 1. The zero-order valence-electron chi connectivity index (χ0n) is 7.60. The van der Waals surface area contributed by atoms with Crippen molar-refractivity contribution >= 4 is 28.2 Å². The fraction of sp³-hybridized carbons (Fsp3) is 0.0833. The van der Waals surface area contributed by atoms with E-state index < -0.39 is 0 Å². The third-order valence-corrected chi connectivity index (χ3v) is 2.32. The van der Waals surface area contributed by atoms with Gasteiger partial charge in [-0.2, -0.15) is 0 Å². The van der Waals surface area contributed by atoms with E-state index in [1.165, 1.54) is 16.3 Å². The molecule has 0 unspecified atom stereocenters. The molecule has 68 valence electrons. The molecule has 0 bridgehead atoms. The zero-order chi connectivity index (χ0) is 9.80. The molecule has 0 aliphatic rings. The first-order valence-electron chi connectivity index (χ1n) is 4.42. The monoisotopic (exact) mass is 199 g/mol. The van der Waals surface area contributed by atoms with Crippen molar-refractivity contribution in [2.45, 2.75) is 6.54 Å². The highest BCUT2D eigenvalue weighted by Crippen LogP contribution is 2.18. The summed E-state index contributed by atoms with van der Waals surface area (Å²) in [7, 11) is 0. The number of fused-ring (bicyclic) bond motifs is 1. The third kappa shape index (κ3) is 1.72. The van der Waals surface area contributed by atoms with Gasteiger partial charge in [-0.15, -0.1) is 0 Å². The van der Waals surface area contributed by atoms with Gasteiger partial charge < -0.3 is 0 Å². The fourth-order valence-corrected chi connectivity index (χ4v) is 1.61. The lowest BCUT2D eigenvalue weighted by Gasteiger charge is -2.02. The number of hydrogen-bond acceptors (Lipinski definition) is 2. The SMILES string of the molecule is S=C=NCc1cccc2ccccc12. The average molecular weight is 199 g/mol. The molecule has 0 aromatic heterocycles. The predicted molar refractivity (Wildman–Crippen MR) is 62.7 cm³/mol. The summed E-state index contributed by atoms with van der Waals surface area (Å²) in [6.45, 7) is 0.616. The van der Waals surface area contributed by atoms with Gasteiger partial charge in [-0.05, 0) is 28.6 Å². The van der Waals surface area contributed by atoms with E-state index >= 15 is 0 Å². The lowest BCUT2D eigenvalue weighted by Crippen LogP contribution is -1.83. The molecule has 0 N–H and O–H groups in total. The van der Waals surface area contributed by atoms with Crippen LogP contribution in [0.15, 0.2) is 47.5 Å². The summed E-state index contributed by atoms with van der Waals surface area (Å²) in [6, 6.07) is 14.5. The van der Waals surface area contributed by atoms with Gasteiger partial charge in [-0.1, -0.05) is 42.5 Å². The van der Waals surface area contributed by atoms with Crippen LogP contribution in [0.2, 0.25) is 0 Å². The maximum Gasteiger partial charge on any atom is 0.0749 e. The van der Waals surface area contributed by atoms with Gasteiger partial charge in [0, 0.05) is 0 Å². The van der Waals surface area contributed by atoms with Crippen molar-refractivity contribution in [3.63, 3.8) is 0 Å². The Morgan fingerprint density at radius 2 is 1.86 bits per heavy atom. The average Bonchev–Trinajstić information content (AvgIpc) is 2.26. The number of benzene rings is 2. The molecule has 0 fully saturated rings. The normalized spacial score (nSPS) is 9.71. The highest BCUT2D eigenvalue weighted by molar-refractivity contribution is 7.78. The maximum absolute atomic E-state index is 4.56. The topological polar surface area (TPSA) is 12.4 Å². The van der Waals surface area contributed by atoms with Gasteiger partial charge in [0.1, 0.15) is 0 Å². The summed E-state index contributed by atoms with van der Waals surface area (Å²) in [4.78, 5) is 3.96. The standard InChI is InChI=1S/C12H9NS/c14-9-13-8-11-6-3-5-10-4-1-2-7-12(10)11/h1-7H,8H2. The number of thiocarbonyl (C=S) groups is 1. The van der Waals surface area contributed by atoms with Crippen LogP contribution in [0, 0.1) is 0 Å². The van der Waals surface area contributed by atoms with Gasteiger partial charge in [0.05, 0.1) is 11.7 Å². The summed E-state index contributed by atoms with van der Waals surface area (Å²) in [5, 5.41) is 4.87. The van der Waals surface area contributed by atoms with Crippen molar-refractivity contribution in [3.05, 3.63) is 48.0 Å². The smallest absolute Gasteiger partial charge is 0.0749 e. The second kappa shape index (κ2) is 4.14. The van der Waals surface area contributed by atoms with Gasteiger partial charge >= 0.3 is 0 Å². The first-order chi connectivity index (χ1) is 6.92. The van der Waals surface area contributed by atoms with Crippen LogP contribution in [0.4, 0.5) is 0 Å². The van der Waals surface area contributed by atoms with Gasteiger partial charge in [-0.3, -0.25) is 0 Å². The summed E-state index contributed by atoms with van der Waals surface area (Å²) in [6.07, 6.45) is 0. The largest absolute Gasteiger partial charge is 0.228 e. The summed E-state index contributed by atoms with van der Waals surface area (Å²) < 4.78 is 0. The molecule has 0 heterocycles. The van der Waals surface area contributed by atoms with Crippen LogP contribution >= 0.6 is 12.2 Å². The maximum atomic E-state index is 4.56. The van der Waals surface area contributed by atoms with E-state index in [1.807, 2.05) is 18.2 Å². The van der Waals surface area contributed by atoms with E-state index in [-0.39, 0.29) is 0 Å². The van der Waals surface area contributed by atoms with E-state index in [4.69, 9.17) is 0 Å². The summed E-state index contributed by atoms with van der Waals surface area (Å²) in [5.74, 6) is 0. The van der Waals surface area contributed by atoms with Crippen molar-refractivity contribution in [2.75, 3.05) is 0 Å². The molecular weight excluding hydrogens is 190 g/mol. The summed E-state index contributed by atoms with van der Waals surface area (Å²) >= 11 is 4.56.